The van der Waals surface area contributed by atoms with Crippen LogP contribution in [0.1, 0.15) is 12.0 Å². The van der Waals surface area contributed by atoms with E-state index in [0.29, 0.717) is 10.8 Å². The largest absolute Gasteiger partial charge is 0.484 e. The lowest BCUT2D eigenvalue weighted by Crippen LogP contribution is -2.40. The summed E-state index contributed by atoms with van der Waals surface area (Å²) in [5, 5.41) is 9.37. The lowest BCUT2D eigenvalue weighted by Gasteiger charge is -2.18. The van der Waals surface area contributed by atoms with Crippen LogP contribution >= 0.6 is 11.6 Å². The molecular formula is C14H15ClFNO4. The average molecular weight is 316 g/mol. The van der Waals surface area contributed by atoms with Crippen molar-refractivity contribution < 1.29 is 23.8 Å². The van der Waals surface area contributed by atoms with E-state index in [-0.39, 0.29) is 19.6 Å². The van der Waals surface area contributed by atoms with Gasteiger partial charge in [0, 0.05) is 18.0 Å². The SMILES string of the molecule is Cc1cc(OCC(=O)N2CCC(F)(C(=O)O)C2)ccc1Cl. The highest BCUT2D eigenvalue weighted by atomic mass is 35.5. The van der Waals surface area contributed by atoms with Crippen LogP contribution in [-0.4, -0.2) is 47.2 Å². The molecule has 1 aliphatic rings. The van der Waals surface area contributed by atoms with Crippen LogP contribution in [0.25, 0.3) is 0 Å². The lowest BCUT2D eigenvalue weighted by molar-refractivity contribution is -0.150. The summed E-state index contributed by atoms with van der Waals surface area (Å²) < 4.78 is 19.2. The smallest absolute Gasteiger partial charge is 0.343 e. The van der Waals surface area contributed by atoms with Gasteiger partial charge >= 0.3 is 5.97 Å². The molecule has 1 fully saturated rings. The number of hydrogen-bond donors (Lipinski definition) is 1. The number of halogens is 2. The second kappa shape index (κ2) is 5.89. The van der Waals surface area contributed by atoms with E-state index in [1.54, 1.807) is 18.2 Å². The average Bonchev–Trinajstić information content (AvgIpc) is 2.84. The molecule has 1 aromatic carbocycles. The normalized spacial score (nSPS) is 21.4. The number of rotatable bonds is 4. The molecule has 0 aromatic heterocycles. The van der Waals surface area contributed by atoms with Crippen molar-refractivity contribution in [3.8, 4) is 5.75 Å². The Hall–Kier alpha value is -1.82. The van der Waals surface area contributed by atoms with E-state index in [1.165, 1.54) is 0 Å². The minimum atomic E-state index is -2.35. The van der Waals surface area contributed by atoms with Gasteiger partial charge in [0.25, 0.3) is 5.91 Å². The Morgan fingerprint density at radius 2 is 2.24 bits per heavy atom. The van der Waals surface area contributed by atoms with E-state index in [9.17, 15) is 14.0 Å². The molecular weight excluding hydrogens is 301 g/mol. The number of ether oxygens (including phenoxy) is 1. The van der Waals surface area contributed by atoms with E-state index < -0.39 is 24.1 Å². The zero-order valence-corrected chi connectivity index (χ0v) is 12.2. The molecule has 2 rings (SSSR count). The summed E-state index contributed by atoms with van der Waals surface area (Å²) in [6.45, 7) is 1.17. The van der Waals surface area contributed by atoms with Gasteiger partial charge in [-0.05, 0) is 30.7 Å². The van der Waals surface area contributed by atoms with Gasteiger partial charge in [0.1, 0.15) is 5.75 Å². The van der Waals surface area contributed by atoms with Crippen molar-refractivity contribution in [3.63, 3.8) is 0 Å². The van der Waals surface area contributed by atoms with E-state index in [0.717, 1.165) is 10.5 Å². The second-order valence-corrected chi connectivity index (χ2v) is 5.44. The highest BCUT2D eigenvalue weighted by Gasteiger charge is 2.46. The number of amides is 1. The maximum absolute atomic E-state index is 13.9. The molecule has 1 aliphatic heterocycles. The molecule has 0 saturated carbocycles. The molecule has 114 valence electrons. The van der Waals surface area contributed by atoms with Crippen LogP contribution in [0.4, 0.5) is 4.39 Å². The molecule has 1 saturated heterocycles. The highest BCUT2D eigenvalue weighted by Crippen LogP contribution is 2.26. The number of carbonyl (C=O) groups excluding carboxylic acids is 1. The molecule has 0 spiro atoms. The number of nitrogens with zero attached hydrogens (tertiary/aromatic N) is 1. The number of benzene rings is 1. The minimum absolute atomic E-state index is 0.0740. The third-order valence-corrected chi connectivity index (χ3v) is 3.87. The zero-order chi connectivity index (χ0) is 15.6. The molecule has 1 aromatic rings. The topological polar surface area (TPSA) is 66.8 Å². The van der Waals surface area contributed by atoms with E-state index in [1.807, 2.05) is 6.92 Å². The predicted octanol–water partition coefficient (Wildman–Crippen LogP) is 2.05. The molecule has 1 amide bonds. The first-order valence-electron chi connectivity index (χ1n) is 6.41. The Morgan fingerprint density at radius 3 is 2.81 bits per heavy atom. The van der Waals surface area contributed by atoms with Crippen LogP contribution < -0.4 is 4.74 Å². The summed E-state index contributed by atoms with van der Waals surface area (Å²) in [6, 6.07) is 4.98. The zero-order valence-electron chi connectivity index (χ0n) is 11.4. The fourth-order valence-electron chi connectivity index (χ4n) is 2.10. The highest BCUT2D eigenvalue weighted by molar-refractivity contribution is 6.31. The Labute approximate surface area is 126 Å². The molecule has 1 heterocycles. The summed E-state index contributed by atoms with van der Waals surface area (Å²) in [5.41, 5.74) is -1.54. The molecule has 1 unspecified atom stereocenters. The number of carboxylic acids is 1. The van der Waals surface area contributed by atoms with Gasteiger partial charge < -0.3 is 14.7 Å². The van der Waals surface area contributed by atoms with E-state index in [2.05, 4.69) is 0 Å². The van der Waals surface area contributed by atoms with Crippen molar-refractivity contribution in [2.75, 3.05) is 19.7 Å². The number of hydrogen-bond acceptors (Lipinski definition) is 3. The third kappa shape index (κ3) is 3.44. The monoisotopic (exact) mass is 315 g/mol. The first-order chi connectivity index (χ1) is 9.82. The fraction of sp³-hybridized carbons (Fsp3) is 0.429. The van der Waals surface area contributed by atoms with E-state index >= 15 is 0 Å². The Kier molecular flexibility index (Phi) is 4.37. The predicted molar refractivity (Wildman–Crippen MR) is 74.4 cm³/mol. The van der Waals surface area contributed by atoms with Crippen LogP contribution in [0, 0.1) is 6.92 Å². The molecule has 0 aliphatic carbocycles. The van der Waals surface area contributed by atoms with Gasteiger partial charge in [-0.2, -0.15) is 0 Å². The van der Waals surface area contributed by atoms with Crippen LogP contribution in [0.15, 0.2) is 18.2 Å². The van der Waals surface area contributed by atoms with Crippen molar-refractivity contribution in [1.82, 2.24) is 4.90 Å². The molecule has 5 nitrogen and oxygen atoms in total. The molecule has 7 heteroatoms. The van der Waals surface area contributed by atoms with Crippen LogP contribution in [0.2, 0.25) is 5.02 Å². The van der Waals surface area contributed by atoms with Gasteiger partial charge in [0.05, 0.1) is 6.54 Å². The number of carboxylic acid groups (broad SMARTS) is 1. The lowest BCUT2D eigenvalue weighted by atomic mass is 10.1. The Morgan fingerprint density at radius 1 is 1.52 bits per heavy atom. The third-order valence-electron chi connectivity index (χ3n) is 3.45. The first-order valence-corrected chi connectivity index (χ1v) is 6.79. The van der Waals surface area contributed by atoms with Crippen LogP contribution in [0.5, 0.6) is 5.75 Å². The van der Waals surface area contributed by atoms with Crippen LogP contribution in [-0.2, 0) is 9.59 Å². The number of aliphatic carboxylic acids is 1. The molecule has 1 N–H and O–H groups in total. The molecule has 21 heavy (non-hydrogen) atoms. The summed E-state index contributed by atoms with van der Waals surface area (Å²) >= 11 is 5.88. The minimum Gasteiger partial charge on any atom is -0.484 e. The Balaban J connectivity index is 1.91. The number of aryl methyl sites for hydroxylation is 1. The summed E-state index contributed by atoms with van der Waals surface area (Å²) in [4.78, 5) is 23.8. The van der Waals surface area contributed by atoms with Gasteiger partial charge in [-0.1, -0.05) is 11.6 Å². The molecule has 1 atom stereocenters. The quantitative estimate of drug-likeness (QED) is 0.923. The van der Waals surface area contributed by atoms with E-state index in [4.69, 9.17) is 21.4 Å². The molecule has 0 bridgehead atoms. The number of likely N-dealkylation sites (tertiary alicyclic amines) is 1. The summed E-state index contributed by atoms with van der Waals surface area (Å²) in [5.74, 6) is -1.50. The second-order valence-electron chi connectivity index (χ2n) is 5.04. The van der Waals surface area contributed by atoms with Crippen LogP contribution in [0.3, 0.4) is 0 Å². The standard InChI is InChI=1S/C14H15ClFNO4/c1-9-6-10(2-3-11(9)15)21-7-12(18)17-5-4-14(16,8-17)13(19)20/h2-3,6H,4-5,7-8H2,1H3,(H,19,20). The van der Waals surface area contributed by atoms with Crippen molar-refractivity contribution >= 4 is 23.5 Å². The van der Waals surface area contributed by atoms with Gasteiger partial charge in [-0.25, -0.2) is 9.18 Å². The van der Waals surface area contributed by atoms with Crippen molar-refractivity contribution in [3.05, 3.63) is 28.8 Å². The van der Waals surface area contributed by atoms with Gasteiger partial charge in [0.15, 0.2) is 6.61 Å². The van der Waals surface area contributed by atoms with Gasteiger partial charge in [0.2, 0.25) is 5.67 Å². The summed E-state index contributed by atoms with van der Waals surface area (Å²) in [7, 11) is 0. The maximum atomic E-state index is 13.9. The number of alkyl halides is 1. The molecule has 0 radical (unpaired) electrons. The van der Waals surface area contributed by atoms with Crippen molar-refractivity contribution in [2.45, 2.75) is 19.0 Å². The van der Waals surface area contributed by atoms with Crippen molar-refractivity contribution in [1.29, 1.82) is 0 Å². The van der Waals surface area contributed by atoms with Gasteiger partial charge in [-0.3, -0.25) is 4.79 Å². The first kappa shape index (κ1) is 15.6. The Bertz CT molecular complexity index is 580. The fourth-order valence-corrected chi connectivity index (χ4v) is 2.22. The van der Waals surface area contributed by atoms with Gasteiger partial charge in [-0.15, -0.1) is 0 Å². The maximum Gasteiger partial charge on any atom is 0.343 e. The summed E-state index contributed by atoms with van der Waals surface area (Å²) in [6.07, 6.45) is -0.200. The van der Waals surface area contributed by atoms with Crippen molar-refractivity contribution in [2.24, 2.45) is 0 Å². The number of carbonyl (C=O) groups is 2.